The van der Waals surface area contributed by atoms with Gasteiger partial charge in [0.2, 0.25) is 5.91 Å². The lowest BCUT2D eigenvalue weighted by molar-refractivity contribution is -0.116. The molecule has 0 fully saturated rings. The second kappa shape index (κ2) is 8.61. The molecule has 2 amide bonds. The summed E-state index contributed by atoms with van der Waals surface area (Å²) in [6, 6.07) is 15.2. The standard InChI is InChI=1S/C22H23BrN4O2/c1-14-5-9-18(10-6-14)24-20(28)13-26(4)22(29)21-15(2)25-27(16(21)3)19-11-7-17(23)8-12-19/h5-12H,13H2,1-4H3,(H,24,28). The average molecular weight is 455 g/mol. The molecule has 1 N–H and O–H groups in total. The summed E-state index contributed by atoms with van der Waals surface area (Å²) in [7, 11) is 1.62. The van der Waals surface area contributed by atoms with Crippen LogP contribution in [0.2, 0.25) is 0 Å². The third kappa shape index (κ3) is 4.74. The summed E-state index contributed by atoms with van der Waals surface area (Å²) in [6.45, 7) is 5.59. The molecular weight excluding hydrogens is 432 g/mol. The summed E-state index contributed by atoms with van der Waals surface area (Å²) in [5.74, 6) is -0.484. The van der Waals surface area contributed by atoms with E-state index in [1.807, 2.05) is 62.4 Å². The fourth-order valence-electron chi connectivity index (χ4n) is 3.10. The molecule has 0 saturated carbocycles. The van der Waals surface area contributed by atoms with Gasteiger partial charge in [0.1, 0.15) is 0 Å². The number of aromatic nitrogens is 2. The average Bonchev–Trinajstić information content (AvgIpc) is 2.97. The number of nitrogens with one attached hydrogen (secondary N) is 1. The molecule has 1 aromatic heterocycles. The van der Waals surface area contributed by atoms with Crippen molar-refractivity contribution in [3.63, 3.8) is 0 Å². The highest BCUT2D eigenvalue weighted by molar-refractivity contribution is 9.10. The van der Waals surface area contributed by atoms with Gasteiger partial charge in [-0.15, -0.1) is 0 Å². The number of hydrogen-bond acceptors (Lipinski definition) is 3. The van der Waals surface area contributed by atoms with E-state index in [-0.39, 0.29) is 18.4 Å². The second-order valence-electron chi connectivity index (χ2n) is 7.01. The van der Waals surface area contributed by atoms with Gasteiger partial charge in [-0.2, -0.15) is 5.10 Å². The van der Waals surface area contributed by atoms with E-state index in [9.17, 15) is 9.59 Å². The molecule has 6 nitrogen and oxygen atoms in total. The van der Waals surface area contributed by atoms with Crippen LogP contribution in [0.15, 0.2) is 53.0 Å². The summed E-state index contributed by atoms with van der Waals surface area (Å²) in [5, 5.41) is 7.34. The minimum absolute atomic E-state index is 0.0466. The first-order valence-corrected chi connectivity index (χ1v) is 9.99. The van der Waals surface area contributed by atoms with Crippen molar-refractivity contribution in [1.29, 1.82) is 0 Å². The van der Waals surface area contributed by atoms with Gasteiger partial charge >= 0.3 is 0 Å². The molecule has 0 spiro atoms. The highest BCUT2D eigenvalue weighted by Gasteiger charge is 2.23. The second-order valence-corrected chi connectivity index (χ2v) is 7.93. The van der Waals surface area contributed by atoms with Gasteiger partial charge in [0.15, 0.2) is 0 Å². The number of nitrogens with zero attached hydrogens (tertiary/aromatic N) is 3. The van der Waals surface area contributed by atoms with Gasteiger partial charge < -0.3 is 10.2 Å². The van der Waals surface area contributed by atoms with E-state index in [1.54, 1.807) is 18.7 Å². The summed E-state index contributed by atoms with van der Waals surface area (Å²) in [5.41, 5.74) is 4.56. The molecule has 0 aliphatic heterocycles. The number of rotatable bonds is 5. The maximum Gasteiger partial charge on any atom is 0.257 e. The molecule has 0 saturated heterocycles. The van der Waals surface area contributed by atoms with Crippen LogP contribution < -0.4 is 5.32 Å². The third-order valence-corrected chi connectivity index (χ3v) is 5.17. The van der Waals surface area contributed by atoms with Crippen molar-refractivity contribution in [3.8, 4) is 5.69 Å². The molecule has 0 bridgehead atoms. The Morgan fingerprint density at radius 2 is 1.66 bits per heavy atom. The number of carbonyl (C=O) groups excluding carboxylic acids is 2. The molecule has 2 aromatic carbocycles. The van der Waals surface area contributed by atoms with Gasteiger partial charge in [0.05, 0.1) is 29.2 Å². The fraction of sp³-hybridized carbons (Fsp3) is 0.227. The monoisotopic (exact) mass is 454 g/mol. The predicted molar refractivity (Wildman–Crippen MR) is 118 cm³/mol. The lowest BCUT2D eigenvalue weighted by Crippen LogP contribution is -2.35. The first kappa shape index (κ1) is 20.8. The van der Waals surface area contributed by atoms with E-state index in [1.165, 1.54) is 4.90 Å². The predicted octanol–water partition coefficient (Wildman–Crippen LogP) is 4.27. The van der Waals surface area contributed by atoms with Crippen LogP contribution in [0.25, 0.3) is 5.69 Å². The quantitative estimate of drug-likeness (QED) is 0.625. The van der Waals surface area contributed by atoms with Crippen LogP contribution in [-0.4, -0.2) is 40.1 Å². The molecule has 0 radical (unpaired) electrons. The van der Waals surface area contributed by atoms with Gasteiger partial charge in [-0.25, -0.2) is 4.68 Å². The minimum atomic E-state index is -0.250. The Bertz CT molecular complexity index is 1040. The molecule has 0 aliphatic rings. The van der Waals surface area contributed by atoms with Crippen LogP contribution in [-0.2, 0) is 4.79 Å². The Morgan fingerprint density at radius 1 is 1.03 bits per heavy atom. The van der Waals surface area contributed by atoms with E-state index in [2.05, 4.69) is 26.3 Å². The van der Waals surface area contributed by atoms with Crippen molar-refractivity contribution in [2.24, 2.45) is 0 Å². The Balaban J connectivity index is 1.74. The molecule has 3 rings (SSSR count). The topological polar surface area (TPSA) is 67.2 Å². The molecular formula is C22H23BrN4O2. The normalized spacial score (nSPS) is 10.7. The van der Waals surface area contributed by atoms with Crippen LogP contribution in [0.4, 0.5) is 5.69 Å². The SMILES string of the molecule is Cc1ccc(NC(=O)CN(C)C(=O)c2c(C)nn(-c3ccc(Br)cc3)c2C)cc1. The highest BCUT2D eigenvalue weighted by atomic mass is 79.9. The number of aryl methyl sites for hydroxylation is 2. The number of carbonyl (C=O) groups is 2. The van der Waals surface area contributed by atoms with Crippen LogP contribution in [0, 0.1) is 20.8 Å². The summed E-state index contributed by atoms with van der Waals surface area (Å²) >= 11 is 3.42. The van der Waals surface area contributed by atoms with E-state index in [0.717, 1.165) is 21.4 Å². The first-order chi connectivity index (χ1) is 13.8. The zero-order chi connectivity index (χ0) is 21.1. The van der Waals surface area contributed by atoms with Crippen molar-refractivity contribution in [2.75, 3.05) is 18.9 Å². The van der Waals surface area contributed by atoms with E-state index in [4.69, 9.17) is 0 Å². The molecule has 0 atom stereocenters. The third-order valence-electron chi connectivity index (χ3n) is 4.64. The van der Waals surface area contributed by atoms with Crippen molar-refractivity contribution in [1.82, 2.24) is 14.7 Å². The van der Waals surface area contributed by atoms with Gasteiger partial charge in [0.25, 0.3) is 5.91 Å². The molecule has 7 heteroatoms. The Kier molecular flexibility index (Phi) is 6.17. The Morgan fingerprint density at radius 3 is 2.28 bits per heavy atom. The maximum absolute atomic E-state index is 13.0. The lowest BCUT2D eigenvalue weighted by Gasteiger charge is -2.17. The number of likely N-dealkylation sites (N-methyl/N-ethyl adjacent to an activating group) is 1. The van der Waals surface area contributed by atoms with Crippen molar-refractivity contribution in [2.45, 2.75) is 20.8 Å². The summed E-state index contributed by atoms with van der Waals surface area (Å²) < 4.78 is 2.72. The smallest absolute Gasteiger partial charge is 0.257 e. The number of anilines is 1. The van der Waals surface area contributed by atoms with Crippen LogP contribution in [0.1, 0.15) is 27.3 Å². The van der Waals surface area contributed by atoms with E-state index < -0.39 is 0 Å². The van der Waals surface area contributed by atoms with Crippen molar-refractivity contribution >= 4 is 33.4 Å². The van der Waals surface area contributed by atoms with E-state index in [0.29, 0.717) is 16.9 Å². The largest absolute Gasteiger partial charge is 0.332 e. The Labute approximate surface area is 178 Å². The van der Waals surface area contributed by atoms with Crippen LogP contribution in [0.5, 0.6) is 0 Å². The zero-order valence-corrected chi connectivity index (χ0v) is 18.4. The summed E-state index contributed by atoms with van der Waals surface area (Å²) in [4.78, 5) is 26.8. The van der Waals surface area contributed by atoms with Gasteiger partial charge in [-0.3, -0.25) is 9.59 Å². The molecule has 0 unspecified atom stereocenters. The van der Waals surface area contributed by atoms with Crippen LogP contribution in [0.3, 0.4) is 0 Å². The van der Waals surface area contributed by atoms with Crippen molar-refractivity contribution < 1.29 is 9.59 Å². The summed E-state index contributed by atoms with van der Waals surface area (Å²) in [6.07, 6.45) is 0. The molecule has 150 valence electrons. The maximum atomic E-state index is 13.0. The molecule has 0 aliphatic carbocycles. The van der Waals surface area contributed by atoms with Gasteiger partial charge in [-0.1, -0.05) is 33.6 Å². The number of halogens is 1. The number of amides is 2. The molecule has 29 heavy (non-hydrogen) atoms. The van der Waals surface area contributed by atoms with Crippen molar-refractivity contribution in [3.05, 3.63) is 75.5 Å². The van der Waals surface area contributed by atoms with E-state index >= 15 is 0 Å². The number of hydrogen-bond donors (Lipinski definition) is 1. The lowest BCUT2D eigenvalue weighted by atomic mass is 10.1. The minimum Gasteiger partial charge on any atom is -0.332 e. The zero-order valence-electron chi connectivity index (χ0n) is 16.9. The Hall–Kier alpha value is -2.93. The fourth-order valence-corrected chi connectivity index (χ4v) is 3.37. The highest BCUT2D eigenvalue weighted by Crippen LogP contribution is 2.21. The molecule has 3 aromatic rings. The van der Waals surface area contributed by atoms with Crippen LogP contribution >= 0.6 is 15.9 Å². The molecule has 1 heterocycles. The van der Waals surface area contributed by atoms with Gasteiger partial charge in [0, 0.05) is 17.2 Å². The first-order valence-electron chi connectivity index (χ1n) is 9.20. The number of benzene rings is 2. The van der Waals surface area contributed by atoms with Gasteiger partial charge in [-0.05, 0) is 57.2 Å².